The minimum Gasteiger partial charge on any atom is -0.496 e. The van der Waals surface area contributed by atoms with E-state index in [1.807, 2.05) is 39.0 Å². The third-order valence-corrected chi connectivity index (χ3v) is 3.28. The number of carbonyl (C=O) groups excluding carboxylic acids is 1. The molecular formula is C15H23NO2. The second kappa shape index (κ2) is 7.04. The van der Waals surface area contributed by atoms with E-state index in [9.17, 15) is 4.79 Å². The number of amides is 1. The van der Waals surface area contributed by atoms with Crippen LogP contribution in [0, 0.1) is 12.8 Å². The summed E-state index contributed by atoms with van der Waals surface area (Å²) >= 11 is 0. The zero-order valence-corrected chi connectivity index (χ0v) is 11.7. The highest BCUT2D eigenvalue weighted by Gasteiger charge is 2.13. The predicted molar refractivity (Wildman–Crippen MR) is 73.6 cm³/mol. The van der Waals surface area contributed by atoms with E-state index in [0.717, 1.165) is 29.7 Å². The molecule has 0 saturated heterocycles. The molecule has 3 heteroatoms. The van der Waals surface area contributed by atoms with Crippen molar-refractivity contribution in [2.75, 3.05) is 7.11 Å². The summed E-state index contributed by atoms with van der Waals surface area (Å²) in [5.74, 6) is 1.16. The van der Waals surface area contributed by atoms with Gasteiger partial charge in [-0.2, -0.15) is 0 Å². The average molecular weight is 249 g/mol. The number of nitrogens with one attached hydrogen (secondary N) is 1. The van der Waals surface area contributed by atoms with E-state index in [2.05, 4.69) is 5.32 Å². The second-order valence-electron chi connectivity index (χ2n) is 4.54. The van der Waals surface area contributed by atoms with Crippen molar-refractivity contribution in [2.45, 2.75) is 40.2 Å². The van der Waals surface area contributed by atoms with Crippen LogP contribution < -0.4 is 10.1 Å². The maximum absolute atomic E-state index is 11.9. The van der Waals surface area contributed by atoms with E-state index in [1.54, 1.807) is 7.11 Å². The van der Waals surface area contributed by atoms with Crippen molar-refractivity contribution in [1.82, 2.24) is 5.32 Å². The van der Waals surface area contributed by atoms with Crippen LogP contribution in [0.3, 0.4) is 0 Å². The molecule has 0 saturated carbocycles. The van der Waals surface area contributed by atoms with Gasteiger partial charge >= 0.3 is 0 Å². The molecule has 1 rings (SSSR count). The Hall–Kier alpha value is -1.51. The zero-order valence-electron chi connectivity index (χ0n) is 11.7. The van der Waals surface area contributed by atoms with Crippen LogP contribution in [0.25, 0.3) is 0 Å². The molecule has 0 spiro atoms. The van der Waals surface area contributed by atoms with Crippen molar-refractivity contribution in [2.24, 2.45) is 5.92 Å². The highest BCUT2D eigenvalue weighted by molar-refractivity contribution is 5.78. The van der Waals surface area contributed by atoms with Crippen LogP contribution in [0.2, 0.25) is 0 Å². The molecule has 0 heterocycles. The normalized spacial score (nSPS) is 10.5. The summed E-state index contributed by atoms with van der Waals surface area (Å²) < 4.78 is 5.21. The fraction of sp³-hybridized carbons (Fsp3) is 0.533. The lowest BCUT2D eigenvalue weighted by Gasteiger charge is -2.13. The summed E-state index contributed by atoms with van der Waals surface area (Å²) in [6.45, 7) is 6.68. The first-order valence-corrected chi connectivity index (χ1v) is 6.53. The SMILES string of the molecule is CCC(CC)C(=O)NCc1ccc(OC)c(C)c1. The van der Waals surface area contributed by atoms with Crippen molar-refractivity contribution >= 4 is 5.91 Å². The van der Waals surface area contributed by atoms with Gasteiger partial charge in [0.15, 0.2) is 0 Å². The Morgan fingerprint density at radius 3 is 2.50 bits per heavy atom. The molecule has 100 valence electrons. The van der Waals surface area contributed by atoms with Gasteiger partial charge in [-0.1, -0.05) is 26.0 Å². The molecule has 0 fully saturated rings. The molecule has 0 aliphatic heterocycles. The van der Waals surface area contributed by atoms with E-state index in [0.29, 0.717) is 6.54 Å². The van der Waals surface area contributed by atoms with Gasteiger partial charge in [-0.15, -0.1) is 0 Å². The topological polar surface area (TPSA) is 38.3 Å². The van der Waals surface area contributed by atoms with Gasteiger partial charge in [0.1, 0.15) is 5.75 Å². The van der Waals surface area contributed by atoms with E-state index in [-0.39, 0.29) is 11.8 Å². The van der Waals surface area contributed by atoms with Crippen molar-refractivity contribution in [3.63, 3.8) is 0 Å². The molecule has 0 aliphatic rings. The second-order valence-corrected chi connectivity index (χ2v) is 4.54. The van der Waals surface area contributed by atoms with Gasteiger partial charge in [0, 0.05) is 12.5 Å². The molecule has 1 N–H and O–H groups in total. The number of hydrogen-bond acceptors (Lipinski definition) is 2. The third-order valence-electron chi connectivity index (χ3n) is 3.28. The first kappa shape index (κ1) is 14.6. The molecule has 3 nitrogen and oxygen atoms in total. The number of ether oxygens (including phenoxy) is 1. The largest absolute Gasteiger partial charge is 0.496 e. The first-order chi connectivity index (χ1) is 8.62. The van der Waals surface area contributed by atoms with Gasteiger partial charge in [-0.3, -0.25) is 4.79 Å². The summed E-state index contributed by atoms with van der Waals surface area (Å²) in [6.07, 6.45) is 1.79. The molecular weight excluding hydrogens is 226 g/mol. The molecule has 0 aliphatic carbocycles. The number of hydrogen-bond donors (Lipinski definition) is 1. The van der Waals surface area contributed by atoms with Gasteiger partial charge in [0.2, 0.25) is 5.91 Å². The Morgan fingerprint density at radius 1 is 1.33 bits per heavy atom. The Morgan fingerprint density at radius 2 is 2.00 bits per heavy atom. The quantitative estimate of drug-likeness (QED) is 0.841. The van der Waals surface area contributed by atoms with Crippen LogP contribution in [-0.4, -0.2) is 13.0 Å². The van der Waals surface area contributed by atoms with E-state index >= 15 is 0 Å². The molecule has 0 aromatic heterocycles. The molecule has 1 aromatic rings. The Balaban J connectivity index is 2.58. The lowest BCUT2D eigenvalue weighted by Crippen LogP contribution is -2.29. The summed E-state index contributed by atoms with van der Waals surface area (Å²) in [7, 11) is 1.66. The van der Waals surface area contributed by atoms with Crippen LogP contribution in [0.15, 0.2) is 18.2 Å². The van der Waals surface area contributed by atoms with Crippen LogP contribution in [-0.2, 0) is 11.3 Å². The number of aryl methyl sites for hydroxylation is 1. The highest BCUT2D eigenvalue weighted by atomic mass is 16.5. The number of methoxy groups -OCH3 is 1. The van der Waals surface area contributed by atoms with Crippen molar-refractivity contribution in [3.05, 3.63) is 29.3 Å². The van der Waals surface area contributed by atoms with Gasteiger partial charge in [0.25, 0.3) is 0 Å². The van der Waals surface area contributed by atoms with E-state index < -0.39 is 0 Å². The van der Waals surface area contributed by atoms with Crippen molar-refractivity contribution in [3.8, 4) is 5.75 Å². The van der Waals surface area contributed by atoms with E-state index in [1.165, 1.54) is 0 Å². The first-order valence-electron chi connectivity index (χ1n) is 6.53. The summed E-state index contributed by atoms with van der Waals surface area (Å²) in [4.78, 5) is 11.9. The molecule has 0 bridgehead atoms. The maximum atomic E-state index is 11.9. The lowest BCUT2D eigenvalue weighted by atomic mass is 10.0. The summed E-state index contributed by atoms with van der Waals surface area (Å²) in [5.41, 5.74) is 2.19. The van der Waals surface area contributed by atoms with Crippen molar-refractivity contribution in [1.29, 1.82) is 0 Å². The van der Waals surface area contributed by atoms with Gasteiger partial charge in [-0.05, 0) is 37.0 Å². The summed E-state index contributed by atoms with van der Waals surface area (Å²) in [6, 6.07) is 5.97. The van der Waals surface area contributed by atoms with Crippen LogP contribution in [0.1, 0.15) is 37.8 Å². The molecule has 18 heavy (non-hydrogen) atoms. The van der Waals surface area contributed by atoms with E-state index in [4.69, 9.17) is 4.74 Å². The van der Waals surface area contributed by atoms with Crippen LogP contribution >= 0.6 is 0 Å². The molecule has 0 radical (unpaired) electrons. The van der Waals surface area contributed by atoms with Crippen LogP contribution in [0.4, 0.5) is 0 Å². The monoisotopic (exact) mass is 249 g/mol. The average Bonchev–Trinajstić information content (AvgIpc) is 2.38. The van der Waals surface area contributed by atoms with Crippen molar-refractivity contribution < 1.29 is 9.53 Å². The molecule has 1 amide bonds. The van der Waals surface area contributed by atoms with Gasteiger partial charge in [-0.25, -0.2) is 0 Å². The Labute approximate surface area is 110 Å². The Kier molecular flexibility index (Phi) is 5.69. The Bertz CT molecular complexity index is 397. The standard InChI is InChI=1S/C15H23NO2/c1-5-13(6-2)15(17)16-10-12-7-8-14(18-4)11(3)9-12/h7-9,13H,5-6,10H2,1-4H3,(H,16,17). The summed E-state index contributed by atoms with van der Waals surface area (Å²) in [5, 5.41) is 2.99. The number of carbonyl (C=O) groups is 1. The smallest absolute Gasteiger partial charge is 0.223 e. The lowest BCUT2D eigenvalue weighted by molar-refractivity contribution is -0.125. The maximum Gasteiger partial charge on any atom is 0.223 e. The number of benzene rings is 1. The minimum atomic E-state index is 0.129. The minimum absolute atomic E-state index is 0.129. The van der Waals surface area contributed by atoms with Gasteiger partial charge in [0.05, 0.1) is 7.11 Å². The number of rotatable bonds is 6. The molecule has 1 aromatic carbocycles. The fourth-order valence-corrected chi connectivity index (χ4v) is 2.04. The van der Waals surface area contributed by atoms with Crippen LogP contribution in [0.5, 0.6) is 5.75 Å². The fourth-order valence-electron chi connectivity index (χ4n) is 2.04. The molecule has 0 atom stereocenters. The van der Waals surface area contributed by atoms with Gasteiger partial charge < -0.3 is 10.1 Å². The third kappa shape index (κ3) is 3.76. The zero-order chi connectivity index (χ0) is 13.5. The molecule has 0 unspecified atom stereocenters. The predicted octanol–water partition coefficient (Wildman–Crippen LogP) is 3.06. The highest BCUT2D eigenvalue weighted by Crippen LogP contribution is 2.18.